The summed E-state index contributed by atoms with van der Waals surface area (Å²) in [6.45, 7) is 1.94. The van der Waals surface area contributed by atoms with Crippen molar-refractivity contribution in [1.29, 1.82) is 0 Å². The molecule has 0 fully saturated rings. The van der Waals surface area contributed by atoms with Gasteiger partial charge in [-0.1, -0.05) is 0 Å². The average Bonchev–Trinajstić information content (AvgIpc) is 2.57. The zero-order chi connectivity index (χ0) is 16.2. The number of benzene rings is 1. The lowest BCUT2D eigenvalue weighted by Crippen LogP contribution is -2.19. The van der Waals surface area contributed by atoms with Crippen LogP contribution in [0.15, 0.2) is 21.3 Å². The van der Waals surface area contributed by atoms with Gasteiger partial charge in [0.05, 0.1) is 5.56 Å². The third-order valence-corrected chi connectivity index (χ3v) is 4.47. The molecular weight excluding hydrogens is 330 g/mol. The largest absolute Gasteiger partial charge is 0.507 e. The van der Waals surface area contributed by atoms with Crippen molar-refractivity contribution in [3.05, 3.63) is 39.2 Å². The van der Waals surface area contributed by atoms with E-state index in [1.807, 2.05) is 6.07 Å². The quantitative estimate of drug-likeness (QED) is 0.617. The Labute approximate surface area is 147 Å². The highest BCUT2D eigenvalue weighted by atomic mass is 35.5. The van der Waals surface area contributed by atoms with Crippen molar-refractivity contribution in [2.45, 2.75) is 38.6 Å². The van der Waals surface area contributed by atoms with Crippen LogP contribution in [0.25, 0.3) is 11.0 Å². The summed E-state index contributed by atoms with van der Waals surface area (Å²) in [4.78, 5) is 12.3. The van der Waals surface area contributed by atoms with Crippen LogP contribution in [0.3, 0.4) is 0 Å². The second kappa shape index (κ2) is 8.51. The van der Waals surface area contributed by atoms with Crippen molar-refractivity contribution in [3.8, 4) is 5.75 Å². The summed E-state index contributed by atoms with van der Waals surface area (Å²) in [5, 5.41) is 14.4. The Kier molecular flexibility index (Phi) is 6.66. The number of methoxy groups -OCH3 is 1. The molecule has 132 valence electrons. The molecule has 0 saturated heterocycles. The molecule has 1 heterocycles. The van der Waals surface area contributed by atoms with E-state index < -0.39 is 0 Å². The fraction of sp³-hybridized carbons (Fsp3) is 0.500. The molecule has 0 aliphatic heterocycles. The van der Waals surface area contributed by atoms with E-state index in [4.69, 9.17) is 9.15 Å². The van der Waals surface area contributed by atoms with Gasteiger partial charge in [-0.25, -0.2) is 4.79 Å². The number of aryl methyl sites for hydroxylation is 1. The van der Waals surface area contributed by atoms with Crippen LogP contribution in [-0.4, -0.2) is 25.4 Å². The molecule has 1 aromatic carbocycles. The van der Waals surface area contributed by atoms with Crippen LogP contribution in [-0.2, 0) is 24.1 Å². The molecule has 2 N–H and O–H groups in total. The minimum Gasteiger partial charge on any atom is -0.507 e. The number of rotatable bonds is 6. The molecule has 1 aliphatic rings. The Morgan fingerprint density at radius 1 is 1.25 bits per heavy atom. The number of phenolic OH excluding ortho intramolecular Hbond substituents is 1. The van der Waals surface area contributed by atoms with Crippen LogP contribution < -0.4 is 10.9 Å². The van der Waals surface area contributed by atoms with E-state index in [1.165, 1.54) is 0 Å². The molecular formula is C18H24ClNO4. The summed E-state index contributed by atoms with van der Waals surface area (Å²) in [6, 6.07) is 3.57. The SMILES string of the molecule is COCCCNCc1c(O)ccc2c3c(c(=O)oc12)CCCC3.Cl. The smallest absolute Gasteiger partial charge is 0.339 e. The molecule has 0 radical (unpaired) electrons. The monoisotopic (exact) mass is 353 g/mol. The van der Waals surface area contributed by atoms with Gasteiger partial charge in [0.1, 0.15) is 11.3 Å². The van der Waals surface area contributed by atoms with Gasteiger partial charge in [-0.05, 0) is 56.3 Å². The van der Waals surface area contributed by atoms with Crippen molar-refractivity contribution in [2.24, 2.45) is 0 Å². The van der Waals surface area contributed by atoms with Crippen molar-refractivity contribution in [1.82, 2.24) is 5.32 Å². The van der Waals surface area contributed by atoms with Gasteiger partial charge in [0.25, 0.3) is 0 Å². The summed E-state index contributed by atoms with van der Waals surface area (Å²) < 4.78 is 10.6. The first kappa shape index (κ1) is 18.8. The molecule has 0 amide bonds. The second-order valence-corrected chi connectivity index (χ2v) is 6.02. The number of halogens is 1. The predicted molar refractivity (Wildman–Crippen MR) is 96.2 cm³/mol. The molecule has 0 saturated carbocycles. The van der Waals surface area contributed by atoms with E-state index in [-0.39, 0.29) is 23.8 Å². The maximum Gasteiger partial charge on any atom is 0.339 e. The summed E-state index contributed by atoms with van der Waals surface area (Å²) in [5.41, 5.74) is 2.84. The topological polar surface area (TPSA) is 71.7 Å². The molecule has 24 heavy (non-hydrogen) atoms. The van der Waals surface area contributed by atoms with E-state index in [9.17, 15) is 9.90 Å². The van der Waals surface area contributed by atoms with Gasteiger partial charge in [0.15, 0.2) is 0 Å². The van der Waals surface area contributed by atoms with E-state index in [0.29, 0.717) is 24.3 Å². The summed E-state index contributed by atoms with van der Waals surface area (Å²) in [7, 11) is 1.67. The molecule has 3 rings (SSSR count). The van der Waals surface area contributed by atoms with Gasteiger partial charge in [-0.15, -0.1) is 12.4 Å². The average molecular weight is 354 g/mol. The van der Waals surface area contributed by atoms with Gasteiger partial charge >= 0.3 is 5.63 Å². The zero-order valence-corrected chi connectivity index (χ0v) is 14.7. The van der Waals surface area contributed by atoms with Crippen LogP contribution >= 0.6 is 12.4 Å². The number of hydrogen-bond donors (Lipinski definition) is 2. The summed E-state index contributed by atoms with van der Waals surface area (Å²) in [5.74, 6) is 0.163. The third kappa shape index (κ3) is 3.74. The number of phenols is 1. The van der Waals surface area contributed by atoms with E-state index in [1.54, 1.807) is 13.2 Å². The lowest BCUT2D eigenvalue weighted by Gasteiger charge is -2.18. The third-order valence-electron chi connectivity index (χ3n) is 4.47. The molecule has 2 aromatic rings. The highest BCUT2D eigenvalue weighted by Crippen LogP contribution is 2.32. The first-order valence-electron chi connectivity index (χ1n) is 8.21. The maximum atomic E-state index is 12.3. The Morgan fingerprint density at radius 2 is 2.00 bits per heavy atom. The van der Waals surface area contributed by atoms with Gasteiger partial charge in [-0.2, -0.15) is 0 Å². The number of ether oxygens (including phenoxy) is 1. The fourth-order valence-corrected chi connectivity index (χ4v) is 3.28. The van der Waals surface area contributed by atoms with Crippen LogP contribution in [0.4, 0.5) is 0 Å². The lowest BCUT2D eigenvalue weighted by molar-refractivity contribution is 0.194. The molecule has 0 unspecified atom stereocenters. The van der Waals surface area contributed by atoms with Crippen LogP contribution in [0.1, 0.15) is 36.0 Å². The molecule has 0 atom stereocenters. The minimum absolute atomic E-state index is 0. The number of hydrogen-bond acceptors (Lipinski definition) is 5. The van der Waals surface area contributed by atoms with Gasteiger partial charge in [-0.3, -0.25) is 0 Å². The van der Waals surface area contributed by atoms with E-state index in [0.717, 1.165) is 55.2 Å². The predicted octanol–water partition coefficient (Wildman–Crippen LogP) is 2.93. The number of fused-ring (bicyclic) bond motifs is 3. The fourth-order valence-electron chi connectivity index (χ4n) is 3.28. The second-order valence-electron chi connectivity index (χ2n) is 6.02. The standard InChI is InChI=1S/C18H23NO4.ClH/c1-22-10-4-9-19-11-15-16(20)8-7-13-12-5-2-3-6-14(12)18(21)23-17(13)15;/h7-8,19-20H,2-6,9-11H2,1H3;1H. The Hall–Kier alpha value is -1.56. The van der Waals surface area contributed by atoms with Gasteiger partial charge < -0.3 is 19.6 Å². The van der Waals surface area contributed by atoms with Crippen molar-refractivity contribution >= 4 is 23.4 Å². The van der Waals surface area contributed by atoms with Crippen molar-refractivity contribution in [2.75, 3.05) is 20.3 Å². The van der Waals surface area contributed by atoms with E-state index in [2.05, 4.69) is 5.32 Å². The van der Waals surface area contributed by atoms with Crippen LogP contribution in [0.5, 0.6) is 5.75 Å². The van der Waals surface area contributed by atoms with Gasteiger partial charge in [0, 0.05) is 31.2 Å². The first-order chi connectivity index (χ1) is 11.2. The van der Waals surface area contributed by atoms with Gasteiger partial charge in [0.2, 0.25) is 0 Å². The summed E-state index contributed by atoms with van der Waals surface area (Å²) in [6.07, 6.45) is 4.72. The zero-order valence-electron chi connectivity index (χ0n) is 13.9. The highest BCUT2D eigenvalue weighted by molar-refractivity contribution is 5.86. The lowest BCUT2D eigenvalue weighted by atomic mass is 9.90. The number of nitrogens with one attached hydrogen (secondary N) is 1. The molecule has 6 heteroatoms. The van der Waals surface area contributed by atoms with Crippen LogP contribution in [0.2, 0.25) is 0 Å². The first-order valence-corrected chi connectivity index (χ1v) is 8.21. The normalized spacial score (nSPS) is 13.5. The van der Waals surface area contributed by atoms with Crippen LogP contribution in [0, 0.1) is 0 Å². The number of aromatic hydroxyl groups is 1. The Morgan fingerprint density at radius 3 is 2.75 bits per heavy atom. The molecule has 5 nitrogen and oxygen atoms in total. The molecule has 1 aromatic heterocycles. The molecule has 1 aliphatic carbocycles. The maximum absolute atomic E-state index is 12.3. The summed E-state index contributed by atoms with van der Waals surface area (Å²) >= 11 is 0. The highest BCUT2D eigenvalue weighted by Gasteiger charge is 2.20. The molecule has 0 bridgehead atoms. The Balaban J connectivity index is 0.00000208. The molecule has 0 spiro atoms. The Bertz CT molecular complexity index is 757. The minimum atomic E-state index is -0.251. The van der Waals surface area contributed by atoms with Crippen molar-refractivity contribution < 1.29 is 14.3 Å². The van der Waals surface area contributed by atoms with E-state index >= 15 is 0 Å². The van der Waals surface area contributed by atoms with Crippen molar-refractivity contribution in [3.63, 3.8) is 0 Å².